The summed E-state index contributed by atoms with van der Waals surface area (Å²) in [7, 11) is 1.61. The van der Waals surface area contributed by atoms with Gasteiger partial charge in [-0.05, 0) is 32.9 Å². The molecule has 0 aromatic heterocycles. The molecule has 0 saturated heterocycles. The first-order valence-electron chi connectivity index (χ1n) is 6.91. The number of benzene rings is 1. The molecule has 0 aliphatic heterocycles. The summed E-state index contributed by atoms with van der Waals surface area (Å²) in [6, 6.07) is 7.44. The van der Waals surface area contributed by atoms with Crippen molar-refractivity contribution < 1.29 is 14.3 Å². The van der Waals surface area contributed by atoms with Crippen LogP contribution >= 0.6 is 0 Å². The molecule has 0 bridgehead atoms. The van der Waals surface area contributed by atoms with Crippen LogP contribution < -0.4 is 21.1 Å². The Balaban J connectivity index is 2.49. The standard InChI is InChI=1S/C15H25N3O3/c1-15(2,3)21-14(19)17-10-12(9-16)18-11-6-5-7-13(8-11)20-4/h5-8,12,18H,9-10,16H2,1-4H3,(H,17,19). The second kappa shape index (κ2) is 7.73. The van der Waals surface area contributed by atoms with Crippen molar-refractivity contribution in [2.24, 2.45) is 5.73 Å². The Labute approximate surface area is 126 Å². The van der Waals surface area contributed by atoms with E-state index in [0.29, 0.717) is 13.1 Å². The van der Waals surface area contributed by atoms with Gasteiger partial charge in [0.15, 0.2) is 0 Å². The van der Waals surface area contributed by atoms with Gasteiger partial charge in [0.1, 0.15) is 11.4 Å². The van der Waals surface area contributed by atoms with E-state index in [1.165, 1.54) is 0 Å². The number of amides is 1. The van der Waals surface area contributed by atoms with E-state index in [2.05, 4.69) is 10.6 Å². The molecule has 118 valence electrons. The van der Waals surface area contributed by atoms with Crippen molar-refractivity contribution in [1.29, 1.82) is 0 Å². The predicted molar refractivity (Wildman–Crippen MR) is 83.7 cm³/mol. The molecule has 0 radical (unpaired) electrons. The third kappa shape index (κ3) is 6.85. The first-order chi connectivity index (χ1) is 9.84. The smallest absolute Gasteiger partial charge is 0.407 e. The minimum atomic E-state index is -0.511. The summed E-state index contributed by atoms with van der Waals surface area (Å²) in [4.78, 5) is 11.6. The summed E-state index contributed by atoms with van der Waals surface area (Å²) in [6.07, 6.45) is -0.451. The fourth-order valence-corrected chi connectivity index (χ4v) is 1.66. The van der Waals surface area contributed by atoms with Crippen LogP contribution in [-0.4, -0.2) is 37.9 Å². The highest BCUT2D eigenvalue weighted by molar-refractivity contribution is 5.67. The number of rotatable bonds is 6. The Hall–Kier alpha value is -1.95. The molecule has 4 N–H and O–H groups in total. The molecule has 0 aliphatic rings. The number of anilines is 1. The van der Waals surface area contributed by atoms with Crippen LogP contribution in [0.5, 0.6) is 5.75 Å². The molecule has 1 aromatic carbocycles. The number of hydrogen-bond donors (Lipinski definition) is 3. The van der Waals surface area contributed by atoms with Crippen LogP contribution in [0.1, 0.15) is 20.8 Å². The van der Waals surface area contributed by atoms with Gasteiger partial charge >= 0.3 is 6.09 Å². The molecular formula is C15H25N3O3. The molecule has 0 heterocycles. The van der Waals surface area contributed by atoms with E-state index in [-0.39, 0.29) is 6.04 Å². The van der Waals surface area contributed by atoms with Crippen LogP contribution in [0.15, 0.2) is 24.3 Å². The number of hydrogen-bond acceptors (Lipinski definition) is 5. The van der Waals surface area contributed by atoms with Crippen LogP contribution in [-0.2, 0) is 4.74 Å². The van der Waals surface area contributed by atoms with Crippen molar-refractivity contribution in [2.45, 2.75) is 32.4 Å². The number of ether oxygens (including phenoxy) is 2. The zero-order valence-corrected chi connectivity index (χ0v) is 13.1. The molecule has 0 saturated carbocycles. The Bertz CT molecular complexity index is 458. The Morgan fingerprint density at radius 2 is 2.10 bits per heavy atom. The molecule has 1 unspecified atom stereocenters. The van der Waals surface area contributed by atoms with Gasteiger partial charge in [-0.25, -0.2) is 4.79 Å². The topological polar surface area (TPSA) is 85.6 Å². The lowest BCUT2D eigenvalue weighted by atomic mass is 10.2. The minimum absolute atomic E-state index is 0.0929. The second-order valence-corrected chi connectivity index (χ2v) is 5.69. The van der Waals surface area contributed by atoms with E-state index in [0.717, 1.165) is 11.4 Å². The number of methoxy groups -OCH3 is 1. The maximum atomic E-state index is 11.6. The van der Waals surface area contributed by atoms with Crippen molar-refractivity contribution in [3.05, 3.63) is 24.3 Å². The van der Waals surface area contributed by atoms with Crippen LogP contribution in [0.2, 0.25) is 0 Å². The van der Waals surface area contributed by atoms with Gasteiger partial charge in [0, 0.05) is 24.8 Å². The average molecular weight is 295 g/mol. The summed E-state index contributed by atoms with van der Waals surface area (Å²) >= 11 is 0. The quantitative estimate of drug-likeness (QED) is 0.747. The van der Waals surface area contributed by atoms with Crippen LogP contribution in [0.25, 0.3) is 0 Å². The molecule has 21 heavy (non-hydrogen) atoms. The summed E-state index contributed by atoms with van der Waals surface area (Å²) < 4.78 is 10.3. The van der Waals surface area contributed by atoms with Gasteiger partial charge in [0.2, 0.25) is 0 Å². The normalized spacial score (nSPS) is 12.4. The summed E-state index contributed by atoms with van der Waals surface area (Å²) in [5.74, 6) is 0.760. The minimum Gasteiger partial charge on any atom is -0.497 e. The van der Waals surface area contributed by atoms with E-state index >= 15 is 0 Å². The zero-order chi connectivity index (χ0) is 15.9. The van der Waals surface area contributed by atoms with E-state index < -0.39 is 11.7 Å². The van der Waals surface area contributed by atoms with Gasteiger partial charge in [-0.2, -0.15) is 0 Å². The van der Waals surface area contributed by atoms with Gasteiger partial charge in [-0.3, -0.25) is 0 Å². The van der Waals surface area contributed by atoms with Crippen LogP contribution in [0.4, 0.5) is 10.5 Å². The molecule has 0 aliphatic carbocycles. The number of nitrogens with two attached hydrogens (primary N) is 1. The lowest BCUT2D eigenvalue weighted by Crippen LogP contribution is -2.42. The molecule has 6 heteroatoms. The van der Waals surface area contributed by atoms with Crippen molar-refractivity contribution in [2.75, 3.05) is 25.5 Å². The van der Waals surface area contributed by atoms with Gasteiger partial charge in [0.05, 0.1) is 13.2 Å². The number of carbonyl (C=O) groups is 1. The van der Waals surface area contributed by atoms with E-state index in [9.17, 15) is 4.79 Å². The third-order valence-corrected chi connectivity index (χ3v) is 2.62. The SMILES string of the molecule is COc1cccc(NC(CN)CNC(=O)OC(C)(C)C)c1. The Morgan fingerprint density at radius 3 is 2.67 bits per heavy atom. The number of nitrogens with one attached hydrogen (secondary N) is 2. The average Bonchev–Trinajstić information content (AvgIpc) is 2.41. The molecule has 1 rings (SSSR count). The van der Waals surface area contributed by atoms with Crippen molar-refractivity contribution in [3.8, 4) is 5.75 Å². The molecular weight excluding hydrogens is 270 g/mol. The maximum absolute atomic E-state index is 11.6. The highest BCUT2D eigenvalue weighted by Gasteiger charge is 2.17. The van der Waals surface area contributed by atoms with E-state index in [1.54, 1.807) is 7.11 Å². The highest BCUT2D eigenvalue weighted by atomic mass is 16.6. The predicted octanol–water partition coefficient (Wildman–Crippen LogP) is 1.96. The molecule has 1 amide bonds. The molecule has 6 nitrogen and oxygen atoms in total. The van der Waals surface area contributed by atoms with Crippen LogP contribution in [0, 0.1) is 0 Å². The fraction of sp³-hybridized carbons (Fsp3) is 0.533. The largest absolute Gasteiger partial charge is 0.497 e. The number of alkyl carbamates (subject to hydrolysis) is 1. The van der Waals surface area contributed by atoms with Crippen LogP contribution in [0.3, 0.4) is 0 Å². The summed E-state index contributed by atoms with van der Waals surface area (Å²) in [5, 5.41) is 5.95. The monoisotopic (exact) mass is 295 g/mol. The first-order valence-corrected chi connectivity index (χ1v) is 6.91. The fourth-order valence-electron chi connectivity index (χ4n) is 1.66. The lowest BCUT2D eigenvalue weighted by Gasteiger charge is -2.22. The molecule has 0 fully saturated rings. The van der Waals surface area contributed by atoms with Crippen molar-refractivity contribution in [1.82, 2.24) is 5.32 Å². The first kappa shape index (κ1) is 17.1. The van der Waals surface area contributed by atoms with Crippen molar-refractivity contribution >= 4 is 11.8 Å². The Morgan fingerprint density at radius 1 is 1.38 bits per heavy atom. The second-order valence-electron chi connectivity index (χ2n) is 5.69. The van der Waals surface area contributed by atoms with Gasteiger partial charge in [-0.15, -0.1) is 0 Å². The number of carbonyl (C=O) groups excluding carboxylic acids is 1. The van der Waals surface area contributed by atoms with Gasteiger partial charge in [0.25, 0.3) is 0 Å². The molecule has 1 aromatic rings. The summed E-state index contributed by atoms with van der Waals surface area (Å²) in [6.45, 7) is 6.22. The zero-order valence-electron chi connectivity index (χ0n) is 13.1. The third-order valence-electron chi connectivity index (χ3n) is 2.62. The van der Waals surface area contributed by atoms with Gasteiger partial charge < -0.3 is 25.8 Å². The van der Waals surface area contributed by atoms with E-state index in [4.69, 9.17) is 15.2 Å². The molecule has 0 spiro atoms. The summed E-state index contributed by atoms with van der Waals surface area (Å²) in [5.41, 5.74) is 6.09. The van der Waals surface area contributed by atoms with Crippen molar-refractivity contribution in [3.63, 3.8) is 0 Å². The highest BCUT2D eigenvalue weighted by Crippen LogP contribution is 2.17. The molecule has 1 atom stereocenters. The van der Waals surface area contributed by atoms with Gasteiger partial charge in [-0.1, -0.05) is 6.07 Å². The van der Waals surface area contributed by atoms with E-state index in [1.807, 2.05) is 45.0 Å². The Kier molecular flexibility index (Phi) is 6.30. The lowest BCUT2D eigenvalue weighted by molar-refractivity contribution is 0.0526. The maximum Gasteiger partial charge on any atom is 0.407 e.